The van der Waals surface area contributed by atoms with E-state index in [0.29, 0.717) is 12.3 Å². The van der Waals surface area contributed by atoms with Crippen LogP contribution in [0.15, 0.2) is 0 Å². The summed E-state index contributed by atoms with van der Waals surface area (Å²) in [5, 5.41) is 0. The molecule has 0 fully saturated rings. The summed E-state index contributed by atoms with van der Waals surface area (Å²) >= 11 is 0. The third kappa shape index (κ3) is 6.34. The van der Waals surface area contributed by atoms with Gasteiger partial charge in [-0.05, 0) is 26.7 Å². The largest absolute Gasteiger partial charge is 0.465 e. The molecule has 4 nitrogen and oxygen atoms in total. The molecule has 2 atom stereocenters. The van der Waals surface area contributed by atoms with Gasteiger partial charge < -0.3 is 9.30 Å². The first-order chi connectivity index (χ1) is 9.83. The molecule has 0 aliphatic carbocycles. The number of Topliss-reactive ketones (excluding diaryl/α,β-unsaturated/α-hetero) is 1. The van der Waals surface area contributed by atoms with Crippen molar-refractivity contribution in [1.82, 2.24) is 0 Å². The van der Waals surface area contributed by atoms with E-state index in [1.54, 1.807) is 13.8 Å². The number of rotatable bonds is 11. The number of ketones is 1. The van der Waals surface area contributed by atoms with Crippen LogP contribution in [-0.2, 0) is 18.9 Å². The maximum Gasteiger partial charge on any atom is 0.317 e. The minimum absolute atomic E-state index is 0.240. The molecule has 0 saturated heterocycles. The van der Waals surface area contributed by atoms with E-state index >= 15 is 0 Å². The highest BCUT2D eigenvalue weighted by Crippen LogP contribution is 2.55. The van der Waals surface area contributed by atoms with Crippen molar-refractivity contribution in [1.29, 1.82) is 0 Å². The summed E-state index contributed by atoms with van der Waals surface area (Å²) in [5.41, 5.74) is -0.424. The Morgan fingerprint density at radius 1 is 1.05 bits per heavy atom. The van der Waals surface area contributed by atoms with Crippen LogP contribution in [0.4, 0.5) is 0 Å². The van der Waals surface area contributed by atoms with E-state index in [2.05, 4.69) is 13.8 Å². The third-order valence-electron chi connectivity index (χ3n) is 3.98. The Labute approximate surface area is 129 Å². The zero-order valence-electron chi connectivity index (χ0n) is 14.2. The van der Waals surface area contributed by atoms with Gasteiger partial charge in [0.25, 0.3) is 0 Å². The lowest BCUT2D eigenvalue weighted by Gasteiger charge is -2.29. The van der Waals surface area contributed by atoms with Gasteiger partial charge in [-0.3, -0.25) is 9.59 Å². The molecule has 0 aromatic rings. The lowest BCUT2D eigenvalue weighted by Crippen LogP contribution is -2.34. The van der Waals surface area contributed by atoms with Crippen LogP contribution in [0, 0.1) is 5.92 Å². The average Bonchev–Trinajstić information content (AvgIpc) is 2.42. The van der Waals surface area contributed by atoms with Crippen molar-refractivity contribution < 1.29 is 18.9 Å². The Morgan fingerprint density at radius 2 is 1.52 bits per heavy atom. The molecular weight excluding hydrogens is 287 g/mol. The van der Waals surface area contributed by atoms with Gasteiger partial charge in [-0.1, -0.05) is 33.6 Å². The molecule has 0 aliphatic heterocycles. The van der Waals surface area contributed by atoms with Crippen LogP contribution < -0.4 is 0 Å². The number of hydrogen-bond acceptors (Lipinski definition) is 4. The number of carbonyl (C=O) groups is 2. The fourth-order valence-corrected chi connectivity index (χ4v) is 6.19. The van der Waals surface area contributed by atoms with Gasteiger partial charge in [0.15, 0.2) is 0 Å². The highest BCUT2D eigenvalue weighted by atomic mass is 31.2. The SMILES string of the molecule is CCCCP(=O)(CCCC)C(C)C(C(C)=O)C(=O)OCC. The highest BCUT2D eigenvalue weighted by Gasteiger charge is 2.41. The predicted octanol–water partition coefficient (Wildman–Crippen LogP) is 4.11. The molecule has 0 aromatic heterocycles. The summed E-state index contributed by atoms with van der Waals surface area (Å²) in [7, 11) is -2.55. The molecule has 0 aromatic carbocycles. The van der Waals surface area contributed by atoms with Crippen LogP contribution in [-0.4, -0.2) is 36.3 Å². The Kier molecular flexibility index (Phi) is 9.85. The summed E-state index contributed by atoms with van der Waals surface area (Å²) in [5.74, 6) is -1.65. The van der Waals surface area contributed by atoms with Crippen molar-refractivity contribution in [2.45, 2.75) is 66.0 Å². The predicted molar refractivity (Wildman–Crippen MR) is 87.4 cm³/mol. The average molecular weight is 318 g/mol. The molecule has 124 valence electrons. The Hall–Kier alpha value is -0.630. The van der Waals surface area contributed by atoms with Crippen LogP contribution in [0.5, 0.6) is 0 Å². The summed E-state index contributed by atoms with van der Waals surface area (Å²) < 4.78 is 18.3. The molecular formula is C16H31O4P. The maximum absolute atomic E-state index is 13.3. The standard InChI is InChI=1S/C16H31O4P/c1-6-9-11-21(19,12-10-7-2)14(5)15(13(4)17)16(18)20-8-3/h14-15H,6-12H2,1-5H3. The van der Waals surface area contributed by atoms with Gasteiger partial charge in [0, 0.05) is 18.0 Å². The van der Waals surface area contributed by atoms with Gasteiger partial charge in [0.2, 0.25) is 0 Å². The van der Waals surface area contributed by atoms with Gasteiger partial charge in [-0.25, -0.2) is 0 Å². The highest BCUT2D eigenvalue weighted by molar-refractivity contribution is 7.64. The van der Waals surface area contributed by atoms with Crippen molar-refractivity contribution in [2.24, 2.45) is 5.92 Å². The molecule has 0 bridgehead atoms. The second-order valence-corrected chi connectivity index (χ2v) is 9.30. The van der Waals surface area contributed by atoms with Gasteiger partial charge in [0.1, 0.15) is 11.7 Å². The number of unbranched alkanes of at least 4 members (excludes halogenated alkanes) is 2. The fraction of sp³-hybridized carbons (Fsp3) is 0.875. The lowest BCUT2D eigenvalue weighted by molar-refractivity contribution is -0.151. The molecule has 5 heteroatoms. The minimum Gasteiger partial charge on any atom is -0.465 e. The summed E-state index contributed by atoms with van der Waals surface area (Å²) in [6, 6.07) is 0. The second kappa shape index (κ2) is 10.2. The first kappa shape index (κ1) is 20.4. The van der Waals surface area contributed by atoms with Crippen LogP contribution in [0.2, 0.25) is 0 Å². The zero-order valence-corrected chi connectivity index (χ0v) is 15.1. The first-order valence-electron chi connectivity index (χ1n) is 8.08. The molecule has 0 N–H and O–H groups in total. The molecule has 0 aliphatic rings. The van der Waals surface area contributed by atoms with E-state index in [1.165, 1.54) is 6.92 Å². The summed E-state index contributed by atoms with van der Waals surface area (Å²) in [6.45, 7) is 9.25. The van der Waals surface area contributed by atoms with Crippen molar-refractivity contribution in [2.75, 3.05) is 18.9 Å². The minimum atomic E-state index is -2.55. The Balaban J connectivity index is 5.27. The number of carbonyl (C=O) groups excluding carboxylic acids is 2. The number of hydrogen-bond donors (Lipinski definition) is 0. The Morgan fingerprint density at radius 3 is 1.86 bits per heavy atom. The van der Waals surface area contributed by atoms with Gasteiger partial charge in [-0.15, -0.1) is 0 Å². The van der Waals surface area contributed by atoms with Crippen molar-refractivity contribution >= 4 is 18.9 Å². The van der Waals surface area contributed by atoms with E-state index in [4.69, 9.17) is 4.74 Å². The molecule has 2 unspecified atom stereocenters. The van der Waals surface area contributed by atoms with Crippen molar-refractivity contribution in [3.63, 3.8) is 0 Å². The molecule has 0 saturated carbocycles. The van der Waals surface area contributed by atoms with Crippen molar-refractivity contribution in [3.05, 3.63) is 0 Å². The molecule has 21 heavy (non-hydrogen) atoms. The topological polar surface area (TPSA) is 60.4 Å². The second-order valence-electron chi connectivity index (χ2n) is 5.69. The smallest absolute Gasteiger partial charge is 0.317 e. The maximum atomic E-state index is 13.3. The van der Waals surface area contributed by atoms with Crippen LogP contribution >= 0.6 is 7.14 Å². The molecule has 0 amide bonds. The number of ether oxygens (including phenoxy) is 1. The molecule has 0 radical (unpaired) electrons. The summed E-state index contributed by atoms with van der Waals surface area (Å²) in [4.78, 5) is 23.9. The molecule has 0 spiro atoms. The van der Waals surface area contributed by atoms with Gasteiger partial charge in [-0.2, -0.15) is 0 Å². The Bertz CT molecular complexity index is 366. The monoisotopic (exact) mass is 318 g/mol. The van der Waals surface area contributed by atoms with E-state index in [1.807, 2.05) is 0 Å². The molecule has 0 heterocycles. The number of esters is 1. The third-order valence-corrected chi connectivity index (χ3v) is 7.91. The summed E-state index contributed by atoms with van der Waals surface area (Å²) in [6.07, 6.45) is 4.92. The van der Waals surface area contributed by atoms with Gasteiger partial charge in [0.05, 0.1) is 13.7 Å². The fourth-order valence-electron chi connectivity index (χ4n) is 2.58. The van der Waals surface area contributed by atoms with Crippen LogP contribution in [0.3, 0.4) is 0 Å². The molecule has 0 rings (SSSR count). The normalized spacial score (nSPS) is 14.5. The van der Waals surface area contributed by atoms with Gasteiger partial charge >= 0.3 is 5.97 Å². The quantitative estimate of drug-likeness (QED) is 0.327. The van der Waals surface area contributed by atoms with E-state index in [-0.39, 0.29) is 12.4 Å². The van der Waals surface area contributed by atoms with Crippen LogP contribution in [0.1, 0.15) is 60.3 Å². The first-order valence-corrected chi connectivity index (χ1v) is 10.2. The van der Waals surface area contributed by atoms with E-state index < -0.39 is 24.7 Å². The van der Waals surface area contributed by atoms with Crippen molar-refractivity contribution in [3.8, 4) is 0 Å². The van der Waals surface area contributed by atoms with Crippen LogP contribution in [0.25, 0.3) is 0 Å². The van der Waals surface area contributed by atoms with E-state index in [9.17, 15) is 14.2 Å². The zero-order chi connectivity index (χ0) is 16.5. The lowest BCUT2D eigenvalue weighted by atomic mass is 10.0. The van der Waals surface area contributed by atoms with E-state index in [0.717, 1.165) is 25.7 Å².